The van der Waals surface area contributed by atoms with E-state index in [1.165, 1.54) is 5.56 Å². The average Bonchev–Trinajstić information content (AvgIpc) is 3.09. The number of hydrogen-bond acceptors (Lipinski definition) is 5. The second-order valence-corrected chi connectivity index (χ2v) is 8.01. The smallest absolute Gasteiger partial charge is 0.176 e. The molecular formula is C23H24ClN5O. The summed E-state index contributed by atoms with van der Waals surface area (Å²) in [5.41, 5.74) is 3.66. The Kier molecular flexibility index (Phi) is 5.29. The topological polar surface area (TPSA) is 54.7 Å². The van der Waals surface area contributed by atoms with Gasteiger partial charge in [0, 0.05) is 25.0 Å². The molecule has 7 heteroatoms. The summed E-state index contributed by atoms with van der Waals surface area (Å²) in [4.78, 5) is 7.33. The van der Waals surface area contributed by atoms with Gasteiger partial charge in [-0.2, -0.15) is 5.10 Å². The standard InChI is InChI=1S/C23H24ClN5O/c1-16-21(24)23-26-22(18-9-5-6-10-20(18)29(23)27-16)25-19(17-7-3-2-4-8-17)15-28-11-13-30-14-12-28/h2-10,19H,11-15H2,1H3,(H,25,26)/t19-/m0/s1. The predicted octanol–water partition coefficient (Wildman–Crippen LogP) is 4.33. The van der Waals surface area contributed by atoms with Crippen LogP contribution in [0, 0.1) is 6.92 Å². The number of rotatable bonds is 5. The summed E-state index contributed by atoms with van der Waals surface area (Å²) in [6.07, 6.45) is 0. The summed E-state index contributed by atoms with van der Waals surface area (Å²) in [6, 6.07) is 18.8. The van der Waals surface area contributed by atoms with E-state index in [0.717, 1.165) is 55.3 Å². The number of nitrogens with one attached hydrogen (secondary N) is 1. The molecule has 0 aliphatic carbocycles. The lowest BCUT2D eigenvalue weighted by Gasteiger charge is -2.31. The van der Waals surface area contributed by atoms with E-state index in [0.29, 0.717) is 10.7 Å². The minimum absolute atomic E-state index is 0.0884. The Balaban J connectivity index is 1.58. The van der Waals surface area contributed by atoms with Gasteiger partial charge < -0.3 is 10.1 Å². The molecule has 1 aliphatic heterocycles. The van der Waals surface area contributed by atoms with Crippen molar-refractivity contribution >= 4 is 34.0 Å². The third-order valence-electron chi connectivity index (χ3n) is 5.63. The first-order valence-electron chi connectivity index (χ1n) is 10.3. The van der Waals surface area contributed by atoms with Crippen molar-refractivity contribution in [2.75, 3.05) is 38.2 Å². The maximum absolute atomic E-state index is 6.53. The molecule has 4 aromatic rings. The number of morpholine rings is 1. The number of fused-ring (bicyclic) bond motifs is 3. The van der Waals surface area contributed by atoms with Gasteiger partial charge in [-0.25, -0.2) is 9.50 Å². The molecular weight excluding hydrogens is 398 g/mol. The molecule has 1 atom stereocenters. The van der Waals surface area contributed by atoms with Crippen LogP contribution in [0.2, 0.25) is 5.02 Å². The second-order valence-electron chi connectivity index (χ2n) is 7.63. The normalized spacial score (nSPS) is 16.2. The number of para-hydroxylation sites is 1. The van der Waals surface area contributed by atoms with Gasteiger partial charge in [-0.3, -0.25) is 4.90 Å². The van der Waals surface area contributed by atoms with Crippen molar-refractivity contribution in [1.82, 2.24) is 19.5 Å². The number of benzene rings is 2. The van der Waals surface area contributed by atoms with E-state index in [9.17, 15) is 0 Å². The first kappa shape index (κ1) is 19.3. The molecule has 1 N–H and O–H groups in total. The van der Waals surface area contributed by atoms with Gasteiger partial charge in [-0.1, -0.05) is 54.1 Å². The molecule has 0 unspecified atom stereocenters. The van der Waals surface area contributed by atoms with E-state index >= 15 is 0 Å². The predicted molar refractivity (Wildman–Crippen MR) is 120 cm³/mol. The maximum Gasteiger partial charge on any atom is 0.176 e. The van der Waals surface area contributed by atoms with Crippen LogP contribution in [0.4, 0.5) is 5.82 Å². The molecule has 0 bridgehead atoms. The van der Waals surface area contributed by atoms with Gasteiger partial charge in [0.25, 0.3) is 0 Å². The van der Waals surface area contributed by atoms with Gasteiger partial charge in [-0.15, -0.1) is 0 Å². The molecule has 3 heterocycles. The third-order valence-corrected chi connectivity index (χ3v) is 6.07. The highest BCUT2D eigenvalue weighted by molar-refractivity contribution is 6.34. The minimum atomic E-state index is 0.0884. The van der Waals surface area contributed by atoms with Crippen LogP contribution in [0.3, 0.4) is 0 Å². The summed E-state index contributed by atoms with van der Waals surface area (Å²) in [6.45, 7) is 6.21. The van der Waals surface area contributed by atoms with Crippen molar-refractivity contribution in [3.63, 3.8) is 0 Å². The summed E-state index contributed by atoms with van der Waals surface area (Å²) in [5.74, 6) is 0.821. The molecule has 0 amide bonds. The Morgan fingerprint density at radius 1 is 1.07 bits per heavy atom. The fraction of sp³-hybridized carbons (Fsp3) is 0.304. The highest BCUT2D eigenvalue weighted by atomic mass is 35.5. The second kappa shape index (κ2) is 8.22. The summed E-state index contributed by atoms with van der Waals surface area (Å²) in [5, 5.41) is 9.92. The Hall–Kier alpha value is -2.67. The molecule has 2 aromatic carbocycles. The van der Waals surface area contributed by atoms with E-state index < -0.39 is 0 Å². The monoisotopic (exact) mass is 421 g/mol. The van der Waals surface area contributed by atoms with Gasteiger partial charge >= 0.3 is 0 Å². The highest BCUT2D eigenvalue weighted by Crippen LogP contribution is 2.30. The molecule has 30 heavy (non-hydrogen) atoms. The Bertz CT molecular complexity index is 1170. The van der Waals surface area contributed by atoms with E-state index in [1.54, 1.807) is 0 Å². The molecule has 0 spiro atoms. The van der Waals surface area contributed by atoms with E-state index in [1.807, 2.05) is 29.6 Å². The number of anilines is 1. The minimum Gasteiger partial charge on any atom is -0.379 e. The molecule has 6 nitrogen and oxygen atoms in total. The van der Waals surface area contributed by atoms with Crippen LogP contribution >= 0.6 is 11.6 Å². The lowest BCUT2D eigenvalue weighted by molar-refractivity contribution is 0.0361. The molecule has 1 fully saturated rings. The van der Waals surface area contributed by atoms with E-state index in [4.69, 9.17) is 21.3 Å². The van der Waals surface area contributed by atoms with Gasteiger partial charge in [0.1, 0.15) is 10.8 Å². The molecule has 1 saturated heterocycles. The number of aromatic nitrogens is 3. The molecule has 1 aliphatic rings. The summed E-state index contributed by atoms with van der Waals surface area (Å²) in [7, 11) is 0. The Labute approximate surface area is 180 Å². The fourth-order valence-corrected chi connectivity index (χ4v) is 4.18. The van der Waals surface area contributed by atoms with Crippen LogP contribution in [-0.2, 0) is 4.74 Å². The quantitative estimate of drug-likeness (QED) is 0.519. The Morgan fingerprint density at radius 3 is 2.60 bits per heavy atom. The SMILES string of the molecule is Cc1nn2c(nc(N[C@@H](CN3CCOCC3)c3ccccc3)c3ccccc32)c1Cl. The summed E-state index contributed by atoms with van der Waals surface area (Å²) < 4.78 is 7.36. The van der Waals surface area contributed by atoms with Crippen molar-refractivity contribution in [3.05, 3.63) is 70.9 Å². The van der Waals surface area contributed by atoms with Crippen molar-refractivity contribution in [2.45, 2.75) is 13.0 Å². The van der Waals surface area contributed by atoms with Crippen LogP contribution in [0.15, 0.2) is 54.6 Å². The zero-order valence-corrected chi connectivity index (χ0v) is 17.6. The van der Waals surface area contributed by atoms with E-state index in [2.05, 4.69) is 51.7 Å². The molecule has 5 rings (SSSR count). The first-order chi connectivity index (χ1) is 14.7. The van der Waals surface area contributed by atoms with Crippen molar-refractivity contribution in [2.24, 2.45) is 0 Å². The molecule has 154 valence electrons. The lowest BCUT2D eigenvalue weighted by Crippen LogP contribution is -2.40. The molecule has 0 saturated carbocycles. The largest absolute Gasteiger partial charge is 0.379 e. The van der Waals surface area contributed by atoms with Crippen LogP contribution in [0.5, 0.6) is 0 Å². The number of aryl methyl sites for hydroxylation is 1. The van der Waals surface area contributed by atoms with Gasteiger partial charge in [-0.05, 0) is 24.6 Å². The van der Waals surface area contributed by atoms with Gasteiger partial charge in [0.05, 0.1) is 30.5 Å². The zero-order chi connectivity index (χ0) is 20.5. The van der Waals surface area contributed by atoms with Gasteiger partial charge in [0.15, 0.2) is 5.65 Å². The highest BCUT2D eigenvalue weighted by Gasteiger charge is 2.21. The number of hydrogen-bond donors (Lipinski definition) is 1. The number of halogens is 1. The Morgan fingerprint density at radius 2 is 1.80 bits per heavy atom. The van der Waals surface area contributed by atoms with Crippen molar-refractivity contribution in [1.29, 1.82) is 0 Å². The van der Waals surface area contributed by atoms with Crippen LogP contribution in [0.1, 0.15) is 17.3 Å². The molecule has 2 aromatic heterocycles. The lowest BCUT2D eigenvalue weighted by atomic mass is 10.1. The van der Waals surface area contributed by atoms with Crippen molar-refractivity contribution < 1.29 is 4.74 Å². The summed E-state index contributed by atoms with van der Waals surface area (Å²) >= 11 is 6.53. The molecule has 0 radical (unpaired) electrons. The van der Waals surface area contributed by atoms with Crippen LogP contribution in [0.25, 0.3) is 16.6 Å². The van der Waals surface area contributed by atoms with Crippen LogP contribution < -0.4 is 5.32 Å². The zero-order valence-electron chi connectivity index (χ0n) is 16.9. The fourth-order valence-electron chi connectivity index (χ4n) is 4.02. The number of ether oxygens (including phenoxy) is 1. The van der Waals surface area contributed by atoms with Crippen molar-refractivity contribution in [3.8, 4) is 0 Å². The third kappa shape index (κ3) is 3.62. The van der Waals surface area contributed by atoms with Crippen LogP contribution in [-0.4, -0.2) is 52.3 Å². The number of nitrogens with zero attached hydrogens (tertiary/aromatic N) is 4. The van der Waals surface area contributed by atoms with E-state index in [-0.39, 0.29) is 6.04 Å². The first-order valence-corrected chi connectivity index (χ1v) is 10.6. The average molecular weight is 422 g/mol. The van der Waals surface area contributed by atoms with Gasteiger partial charge in [0.2, 0.25) is 0 Å². The maximum atomic E-state index is 6.53.